The average Bonchev–Trinajstić information content (AvgIpc) is 3.18. The molecule has 2 fully saturated rings. The van der Waals surface area contributed by atoms with Crippen molar-refractivity contribution in [3.63, 3.8) is 0 Å². The molecule has 1 saturated carbocycles. The van der Waals surface area contributed by atoms with Gasteiger partial charge in [-0.3, -0.25) is 9.48 Å². The first-order valence-electron chi connectivity index (χ1n) is 7.27. The number of amides is 1. The number of aromatic nitrogens is 2. The lowest BCUT2D eigenvalue weighted by Gasteiger charge is -2.30. The van der Waals surface area contributed by atoms with E-state index >= 15 is 0 Å². The molecule has 104 valence electrons. The molecule has 1 atom stereocenters. The van der Waals surface area contributed by atoms with Gasteiger partial charge in [-0.2, -0.15) is 5.10 Å². The van der Waals surface area contributed by atoms with Gasteiger partial charge in [-0.05, 0) is 32.2 Å². The van der Waals surface area contributed by atoms with Crippen molar-refractivity contribution in [2.24, 2.45) is 7.05 Å². The summed E-state index contributed by atoms with van der Waals surface area (Å²) in [5, 5.41) is 7.63. The van der Waals surface area contributed by atoms with Crippen molar-refractivity contribution in [3.05, 3.63) is 18.0 Å². The van der Waals surface area contributed by atoms with Crippen molar-refractivity contribution >= 4 is 5.91 Å². The lowest BCUT2D eigenvalue weighted by molar-refractivity contribution is 0.0718. The second-order valence-corrected chi connectivity index (χ2v) is 5.74. The minimum Gasteiger partial charge on any atom is -0.334 e. The Morgan fingerprint density at radius 1 is 1.47 bits per heavy atom. The fourth-order valence-corrected chi connectivity index (χ4v) is 2.80. The van der Waals surface area contributed by atoms with Gasteiger partial charge in [0, 0.05) is 31.9 Å². The van der Waals surface area contributed by atoms with E-state index in [0.717, 1.165) is 25.9 Å². The van der Waals surface area contributed by atoms with E-state index in [0.29, 0.717) is 17.6 Å². The lowest BCUT2D eigenvalue weighted by atomic mass is 10.0. The summed E-state index contributed by atoms with van der Waals surface area (Å²) in [6.45, 7) is 1.93. The van der Waals surface area contributed by atoms with Gasteiger partial charge in [-0.15, -0.1) is 0 Å². The predicted molar refractivity (Wildman–Crippen MR) is 72.9 cm³/mol. The first kappa shape index (κ1) is 12.7. The lowest BCUT2D eigenvalue weighted by Crippen LogP contribution is -2.46. The van der Waals surface area contributed by atoms with Crippen LogP contribution in [0.5, 0.6) is 0 Å². The molecule has 19 heavy (non-hydrogen) atoms. The second-order valence-electron chi connectivity index (χ2n) is 5.74. The van der Waals surface area contributed by atoms with Crippen LogP contribution in [0.2, 0.25) is 0 Å². The molecule has 1 saturated heterocycles. The zero-order valence-electron chi connectivity index (χ0n) is 11.5. The molecule has 5 heteroatoms. The van der Waals surface area contributed by atoms with E-state index in [9.17, 15) is 4.79 Å². The summed E-state index contributed by atoms with van der Waals surface area (Å²) >= 11 is 0. The Kier molecular flexibility index (Phi) is 3.55. The largest absolute Gasteiger partial charge is 0.334 e. The van der Waals surface area contributed by atoms with Gasteiger partial charge in [-0.25, -0.2) is 0 Å². The molecule has 1 N–H and O–H groups in total. The van der Waals surface area contributed by atoms with Crippen molar-refractivity contribution in [1.29, 1.82) is 0 Å². The highest BCUT2D eigenvalue weighted by Crippen LogP contribution is 2.29. The van der Waals surface area contributed by atoms with Crippen LogP contribution in [0.15, 0.2) is 12.4 Å². The van der Waals surface area contributed by atoms with Gasteiger partial charge in [-0.1, -0.05) is 6.42 Å². The normalized spacial score (nSPS) is 23.3. The molecular weight excluding hydrogens is 240 g/mol. The number of rotatable bonds is 4. The Labute approximate surface area is 114 Å². The number of hydrogen-bond acceptors (Lipinski definition) is 3. The molecule has 1 amide bonds. The van der Waals surface area contributed by atoms with E-state index in [-0.39, 0.29) is 5.91 Å². The molecule has 1 aromatic heterocycles. The molecule has 2 aliphatic rings. The van der Waals surface area contributed by atoms with Gasteiger partial charge < -0.3 is 10.2 Å². The summed E-state index contributed by atoms with van der Waals surface area (Å²) in [5.41, 5.74) is 0.713. The Morgan fingerprint density at radius 3 is 2.89 bits per heavy atom. The molecular formula is C14H22N4O. The fraction of sp³-hybridized carbons (Fsp3) is 0.714. The number of piperidine rings is 1. The fourth-order valence-electron chi connectivity index (χ4n) is 2.80. The van der Waals surface area contributed by atoms with Crippen molar-refractivity contribution in [2.75, 3.05) is 13.1 Å². The van der Waals surface area contributed by atoms with Crippen LogP contribution in [-0.2, 0) is 7.05 Å². The third-order valence-electron chi connectivity index (χ3n) is 4.03. The van der Waals surface area contributed by atoms with Crippen molar-refractivity contribution in [1.82, 2.24) is 20.0 Å². The Bertz CT molecular complexity index is 446. The zero-order chi connectivity index (χ0) is 13.2. The van der Waals surface area contributed by atoms with E-state index in [1.165, 1.54) is 19.3 Å². The molecule has 3 rings (SSSR count). The highest BCUT2D eigenvalue weighted by Gasteiger charge is 2.35. The van der Waals surface area contributed by atoms with E-state index in [4.69, 9.17) is 0 Å². The Balaban J connectivity index is 1.68. The minimum atomic E-state index is 0.142. The summed E-state index contributed by atoms with van der Waals surface area (Å²) in [6.07, 6.45) is 9.51. The maximum atomic E-state index is 12.6. The zero-order valence-corrected chi connectivity index (χ0v) is 11.5. The molecule has 2 heterocycles. The number of nitrogens with zero attached hydrogens (tertiary/aromatic N) is 3. The van der Waals surface area contributed by atoms with E-state index in [2.05, 4.69) is 15.3 Å². The van der Waals surface area contributed by atoms with Gasteiger partial charge in [0.05, 0.1) is 11.8 Å². The van der Waals surface area contributed by atoms with Crippen LogP contribution in [0.4, 0.5) is 0 Å². The minimum absolute atomic E-state index is 0.142. The number of carbonyl (C=O) groups excluding carboxylic acids is 1. The Hall–Kier alpha value is -1.36. The molecule has 5 nitrogen and oxygen atoms in total. The smallest absolute Gasteiger partial charge is 0.257 e. The third-order valence-corrected chi connectivity index (χ3v) is 4.03. The molecule has 0 bridgehead atoms. The van der Waals surface area contributed by atoms with Gasteiger partial charge in [0.15, 0.2) is 0 Å². The van der Waals surface area contributed by atoms with Crippen LogP contribution in [0.25, 0.3) is 0 Å². The quantitative estimate of drug-likeness (QED) is 0.886. The summed E-state index contributed by atoms with van der Waals surface area (Å²) in [6, 6.07) is 0.923. The predicted octanol–water partition coefficient (Wildman–Crippen LogP) is 1.17. The van der Waals surface area contributed by atoms with Crippen LogP contribution in [-0.4, -0.2) is 45.8 Å². The average molecular weight is 262 g/mol. The Morgan fingerprint density at radius 2 is 2.32 bits per heavy atom. The first-order chi connectivity index (χ1) is 9.24. The molecule has 0 radical (unpaired) electrons. The monoisotopic (exact) mass is 262 g/mol. The standard InChI is InChI=1S/C14H22N4O/c1-17-9-11(8-16-17)14(19)18(13-5-6-13)10-12-4-2-3-7-15-12/h8-9,12-13,15H,2-7,10H2,1H3. The van der Waals surface area contributed by atoms with E-state index < -0.39 is 0 Å². The molecule has 0 aromatic carbocycles. The van der Waals surface area contributed by atoms with Crippen LogP contribution in [0, 0.1) is 0 Å². The molecule has 1 aliphatic heterocycles. The summed E-state index contributed by atoms with van der Waals surface area (Å²) in [5.74, 6) is 0.142. The highest BCUT2D eigenvalue weighted by molar-refractivity contribution is 5.94. The van der Waals surface area contributed by atoms with Crippen LogP contribution >= 0.6 is 0 Å². The summed E-state index contributed by atoms with van der Waals surface area (Å²) < 4.78 is 1.69. The topological polar surface area (TPSA) is 50.2 Å². The maximum absolute atomic E-state index is 12.6. The number of carbonyl (C=O) groups is 1. The molecule has 0 spiro atoms. The number of nitrogens with one attached hydrogen (secondary N) is 1. The number of aryl methyl sites for hydroxylation is 1. The van der Waals surface area contributed by atoms with Crippen LogP contribution in [0.3, 0.4) is 0 Å². The van der Waals surface area contributed by atoms with Crippen molar-refractivity contribution in [2.45, 2.75) is 44.2 Å². The number of hydrogen-bond donors (Lipinski definition) is 1. The van der Waals surface area contributed by atoms with Gasteiger partial charge in [0.1, 0.15) is 0 Å². The molecule has 1 unspecified atom stereocenters. The summed E-state index contributed by atoms with van der Waals surface area (Å²) in [7, 11) is 1.85. The van der Waals surface area contributed by atoms with Crippen molar-refractivity contribution in [3.8, 4) is 0 Å². The SMILES string of the molecule is Cn1cc(C(=O)N(CC2CCCCN2)C2CC2)cn1. The first-order valence-corrected chi connectivity index (χ1v) is 7.27. The summed E-state index contributed by atoms with van der Waals surface area (Å²) in [4.78, 5) is 14.6. The van der Waals surface area contributed by atoms with E-state index in [1.807, 2.05) is 13.2 Å². The van der Waals surface area contributed by atoms with Crippen LogP contribution in [0.1, 0.15) is 42.5 Å². The second kappa shape index (κ2) is 5.33. The third kappa shape index (κ3) is 2.97. The van der Waals surface area contributed by atoms with Crippen molar-refractivity contribution < 1.29 is 4.79 Å². The maximum Gasteiger partial charge on any atom is 0.257 e. The van der Waals surface area contributed by atoms with E-state index in [1.54, 1.807) is 10.9 Å². The van der Waals surface area contributed by atoms with Gasteiger partial charge >= 0.3 is 0 Å². The molecule has 1 aromatic rings. The molecule has 1 aliphatic carbocycles. The van der Waals surface area contributed by atoms with Gasteiger partial charge in [0.2, 0.25) is 0 Å². The van der Waals surface area contributed by atoms with Gasteiger partial charge in [0.25, 0.3) is 5.91 Å². The van der Waals surface area contributed by atoms with Crippen LogP contribution < -0.4 is 5.32 Å². The highest BCUT2D eigenvalue weighted by atomic mass is 16.2.